The lowest BCUT2D eigenvalue weighted by Crippen LogP contribution is -2.54. The molecule has 224 valence electrons. The molecular weight excluding hydrogens is 530 g/mol. The molecule has 0 aromatic heterocycles. The first-order chi connectivity index (χ1) is 20.1. The van der Waals surface area contributed by atoms with Gasteiger partial charge in [-0.05, 0) is 60.0 Å². The van der Waals surface area contributed by atoms with E-state index in [4.69, 9.17) is 16.2 Å². The Morgan fingerprint density at radius 1 is 0.952 bits per heavy atom. The Bertz CT molecular complexity index is 1350. The first-order valence-corrected chi connectivity index (χ1v) is 14.3. The molecule has 3 aromatic rings. The Morgan fingerprint density at radius 3 is 2.05 bits per heavy atom. The molecule has 2 amide bonds. The molecule has 42 heavy (non-hydrogen) atoms. The number of piperazine rings is 1. The van der Waals surface area contributed by atoms with Crippen LogP contribution >= 0.6 is 0 Å². The van der Waals surface area contributed by atoms with Gasteiger partial charge in [-0.25, -0.2) is 4.79 Å². The predicted octanol–water partition coefficient (Wildman–Crippen LogP) is 4.47. The molecule has 1 aliphatic rings. The highest BCUT2D eigenvalue weighted by Crippen LogP contribution is 2.43. The van der Waals surface area contributed by atoms with E-state index in [0.29, 0.717) is 36.6 Å². The van der Waals surface area contributed by atoms with Crippen LogP contribution in [0.15, 0.2) is 73.3 Å². The fourth-order valence-corrected chi connectivity index (χ4v) is 5.61. The number of ether oxygens (including phenoxy) is 1. The first kappa shape index (κ1) is 30.9. The standard InChI is InChI=1S/C33H43N5O4/c1-22(35)21-36-15-17-37(18-16-36)33(41)38(24(3)30-14-5-25(20-34)19-31(30)42-4)32(27-8-12-29(40)13-9-27)23(2)26-6-10-28(39)11-7-26/h5-14,19,22-23,32,39-40H,3,15-18,20-21,34-35H2,1-2,4H3. The van der Waals surface area contributed by atoms with Crippen LogP contribution in [0, 0.1) is 0 Å². The number of methoxy groups -OCH3 is 1. The van der Waals surface area contributed by atoms with Crippen LogP contribution in [0.1, 0.15) is 48.1 Å². The number of phenolic OH excluding ortho intramolecular Hbond substituents is 2. The number of aromatic hydroxyl groups is 2. The van der Waals surface area contributed by atoms with Gasteiger partial charge in [0.05, 0.1) is 13.2 Å². The molecule has 9 nitrogen and oxygen atoms in total. The molecule has 1 saturated heterocycles. The maximum absolute atomic E-state index is 14.6. The molecule has 1 fully saturated rings. The summed E-state index contributed by atoms with van der Waals surface area (Å²) in [5.74, 6) is 0.656. The minimum atomic E-state index is -0.504. The zero-order valence-electron chi connectivity index (χ0n) is 24.7. The monoisotopic (exact) mass is 573 g/mol. The van der Waals surface area contributed by atoms with Crippen molar-refractivity contribution in [1.82, 2.24) is 14.7 Å². The van der Waals surface area contributed by atoms with Crippen LogP contribution in [0.3, 0.4) is 0 Å². The molecule has 1 heterocycles. The molecule has 4 rings (SSSR count). The summed E-state index contributed by atoms with van der Waals surface area (Å²) in [4.78, 5) is 20.5. The van der Waals surface area contributed by atoms with E-state index in [0.717, 1.165) is 36.3 Å². The smallest absolute Gasteiger partial charge is 0.325 e. The number of urea groups is 1. The molecule has 3 atom stereocenters. The molecular formula is C33H43N5O4. The molecule has 0 aliphatic carbocycles. The zero-order valence-corrected chi connectivity index (χ0v) is 24.7. The fraction of sp³-hybridized carbons (Fsp3) is 0.364. The van der Waals surface area contributed by atoms with Gasteiger partial charge in [0.2, 0.25) is 0 Å². The Balaban J connectivity index is 1.82. The Kier molecular flexibility index (Phi) is 10.1. The van der Waals surface area contributed by atoms with E-state index >= 15 is 0 Å². The second-order valence-electron chi connectivity index (χ2n) is 11.0. The number of rotatable bonds is 10. The van der Waals surface area contributed by atoms with Crippen LogP contribution in [0.25, 0.3) is 5.70 Å². The van der Waals surface area contributed by atoms with Crippen LogP contribution in [0.4, 0.5) is 4.79 Å². The van der Waals surface area contributed by atoms with E-state index in [9.17, 15) is 15.0 Å². The van der Waals surface area contributed by atoms with Crippen molar-refractivity contribution in [3.63, 3.8) is 0 Å². The van der Waals surface area contributed by atoms with Gasteiger partial charge in [-0.15, -0.1) is 0 Å². The van der Waals surface area contributed by atoms with Crippen molar-refractivity contribution in [2.24, 2.45) is 11.5 Å². The van der Waals surface area contributed by atoms with Crippen molar-refractivity contribution in [2.45, 2.75) is 38.4 Å². The summed E-state index contributed by atoms with van der Waals surface area (Å²) < 4.78 is 5.75. The van der Waals surface area contributed by atoms with Gasteiger partial charge in [0.15, 0.2) is 0 Å². The summed E-state index contributed by atoms with van der Waals surface area (Å²) in [6.45, 7) is 12.2. The van der Waals surface area contributed by atoms with Gasteiger partial charge in [-0.1, -0.05) is 43.8 Å². The van der Waals surface area contributed by atoms with Crippen LogP contribution in [0.5, 0.6) is 17.2 Å². The van der Waals surface area contributed by atoms with E-state index in [-0.39, 0.29) is 29.5 Å². The molecule has 0 saturated carbocycles. The van der Waals surface area contributed by atoms with Gasteiger partial charge in [0, 0.05) is 62.5 Å². The second-order valence-corrected chi connectivity index (χ2v) is 11.0. The summed E-state index contributed by atoms with van der Waals surface area (Å²) in [5.41, 5.74) is 15.8. The number of phenols is 2. The number of carbonyl (C=O) groups excluding carboxylic acids is 1. The van der Waals surface area contributed by atoms with Gasteiger partial charge >= 0.3 is 6.03 Å². The van der Waals surface area contributed by atoms with Gasteiger partial charge in [0.25, 0.3) is 0 Å². The Morgan fingerprint density at radius 2 is 1.52 bits per heavy atom. The van der Waals surface area contributed by atoms with Crippen molar-refractivity contribution in [1.29, 1.82) is 0 Å². The molecule has 9 heteroatoms. The van der Waals surface area contributed by atoms with E-state index < -0.39 is 6.04 Å². The molecule has 3 unspecified atom stereocenters. The van der Waals surface area contributed by atoms with E-state index in [1.165, 1.54) is 0 Å². The topological polar surface area (TPSA) is 129 Å². The van der Waals surface area contributed by atoms with Crippen molar-refractivity contribution >= 4 is 11.7 Å². The first-order valence-electron chi connectivity index (χ1n) is 14.3. The molecule has 0 radical (unpaired) electrons. The number of amides is 2. The average Bonchev–Trinajstić information content (AvgIpc) is 2.99. The maximum atomic E-state index is 14.6. The third kappa shape index (κ3) is 7.05. The minimum absolute atomic E-state index is 0.0533. The van der Waals surface area contributed by atoms with Crippen molar-refractivity contribution in [3.8, 4) is 17.2 Å². The second kappa shape index (κ2) is 13.7. The van der Waals surface area contributed by atoms with Crippen LogP contribution in [-0.2, 0) is 6.54 Å². The summed E-state index contributed by atoms with van der Waals surface area (Å²) >= 11 is 0. The minimum Gasteiger partial charge on any atom is -0.508 e. The third-order valence-corrected chi connectivity index (χ3v) is 7.90. The van der Waals surface area contributed by atoms with Crippen LogP contribution < -0.4 is 16.2 Å². The number of benzene rings is 3. The lowest BCUT2D eigenvalue weighted by Gasteiger charge is -2.43. The fourth-order valence-electron chi connectivity index (χ4n) is 5.61. The van der Waals surface area contributed by atoms with Gasteiger partial charge < -0.3 is 31.3 Å². The third-order valence-electron chi connectivity index (χ3n) is 7.90. The molecule has 6 N–H and O–H groups in total. The molecule has 0 bridgehead atoms. The highest BCUT2D eigenvalue weighted by atomic mass is 16.5. The number of hydrogen-bond acceptors (Lipinski definition) is 7. The molecule has 3 aromatic carbocycles. The van der Waals surface area contributed by atoms with E-state index in [1.54, 1.807) is 36.3 Å². The summed E-state index contributed by atoms with van der Waals surface area (Å²) in [7, 11) is 1.59. The lowest BCUT2D eigenvalue weighted by atomic mass is 9.86. The summed E-state index contributed by atoms with van der Waals surface area (Å²) in [6, 6.07) is 19.0. The Labute approximate surface area is 248 Å². The zero-order chi connectivity index (χ0) is 30.4. The van der Waals surface area contributed by atoms with Gasteiger partial charge in [0.1, 0.15) is 17.2 Å². The summed E-state index contributed by atoms with van der Waals surface area (Å²) in [5, 5.41) is 20.1. The lowest BCUT2D eigenvalue weighted by molar-refractivity contribution is 0.112. The van der Waals surface area contributed by atoms with Crippen molar-refractivity contribution in [2.75, 3.05) is 39.8 Å². The van der Waals surface area contributed by atoms with Crippen LogP contribution in [-0.4, -0.2) is 76.8 Å². The molecule has 0 spiro atoms. The predicted molar refractivity (Wildman–Crippen MR) is 166 cm³/mol. The van der Waals surface area contributed by atoms with Gasteiger partial charge in [-0.2, -0.15) is 0 Å². The Hall–Kier alpha value is -4.05. The average molecular weight is 574 g/mol. The number of nitrogens with two attached hydrogens (primary N) is 2. The van der Waals surface area contributed by atoms with Crippen LogP contribution in [0.2, 0.25) is 0 Å². The number of hydrogen-bond donors (Lipinski definition) is 4. The van der Waals surface area contributed by atoms with Crippen molar-refractivity contribution in [3.05, 3.63) is 95.6 Å². The molecule has 1 aliphatic heterocycles. The highest BCUT2D eigenvalue weighted by molar-refractivity contribution is 5.87. The van der Waals surface area contributed by atoms with E-state index in [2.05, 4.69) is 11.5 Å². The SMILES string of the molecule is C=C(c1ccc(CN)cc1OC)N(C(=O)N1CCN(CC(C)N)CC1)C(c1ccc(O)cc1)C(C)c1ccc(O)cc1. The van der Waals surface area contributed by atoms with Crippen molar-refractivity contribution < 1.29 is 19.7 Å². The maximum Gasteiger partial charge on any atom is 0.325 e. The normalized spacial score (nSPS) is 16.0. The summed E-state index contributed by atoms with van der Waals surface area (Å²) in [6.07, 6.45) is 0. The quantitative estimate of drug-likeness (QED) is 0.282. The largest absolute Gasteiger partial charge is 0.508 e. The van der Waals surface area contributed by atoms with Gasteiger partial charge in [-0.3, -0.25) is 9.80 Å². The number of carbonyl (C=O) groups is 1. The number of nitrogens with zero attached hydrogens (tertiary/aromatic N) is 3. The van der Waals surface area contributed by atoms with E-state index in [1.807, 2.05) is 61.2 Å². The highest BCUT2D eigenvalue weighted by Gasteiger charge is 2.37.